The third-order valence-electron chi connectivity index (χ3n) is 5.91. The Morgan fingerprint density at radius 2 is 1.86 bits per heavy atom. The van der Waals surface area contributed by atoms with E-state index in [1.165, 1.54) is 17.7 Å². The second-order valence-corrected chi connectivity index (χ2v) is 7.63. The molecule has 0 N–H and O–H groups in total. The van der Waals surface area contributed by atoms with Crippen LogP contribution in [0.25, 0.3) is 0 Å². The summed E-state index contributed by atoms with van der Waals surface area (Å²) in [5, 5.41) is 0. The van der Waals surface area contributed by atoms with Gasteiger partial charge in [0.05, 0.1) is 17.7 Å². The summed E-state index contributed by atoms with van der Waals surface area (Å²) in [6.45, 7) is 3.43. The predicted octanol–water partition coefficient (Wildman–Crippen LogP) is 5.32. The van der Waals surface area contributed by atoms with Crippen LogP contribution < -0.4 is 4.90 Å². The Labute approximate surface area is 162 Å². The normalized spacial score (nSPS) is 17.8. The maximum atomic E-state index is 12.9. The summed E-state index contributed by atoms with van der Waals surface area (Å²) in [7, 11) is 0. The van der Waals surface area contributed by atoms with Gasteiger partial charge in [0.2, 0.25) is 0 Å². The number of rotatable bonds is 3. The molecular weight excluding hydrogens is 367 g/mol. The number of carbonyl (C=O) groups is 1. The van der Waals surface area contributed by atoms with Crippen molar-refractivity contribution in [2.75, 3.05) is 18.1 Å². The van der Waals surface area contributed by atoms with Gasteiger partial charge in [0.15, 0.2) is 0 Å². The van der Waals surface area contributed by atoms with Crippen LogP contribution in [-0.4, -0.2) is 19.1 Å². The van der Waals surface area contributed by atoms with Crippen molar-refractivity contribution in [2.45, 2.75) is 44.3 Å². The second kappa shape index (κ2) is 6.83. The number of hydrogen-bond acceptors (Lipinski definition) is 3. The van der Waals surface area contributed by atoms with E-state index < -0.39 is 11.7 Å². The minimum Gasteiger partial charge on any atom is -0.462 e. The molecular formula is C22H22F3NO2. The molecule has 0 bridgehead atoms. The van der Waals surface area contributed by atoms with Gasteiger partial charge in [0.1, 0.15) is 0 Å². The van der Waals surface area contributed by atoms with E-state index in [0.29, 0.717) is 18.7 Å². The smallest absolute Gasteiger partial charge is 0.416 e. The predicted molar refractivity (Wildman–Crippen MR) is 100 cm³/mol. The third-order valence-corrected chi connectivity index (χ3v) is 5.91. The molecule has 3 nitrogen and oxygen atoms in total. The minimum absolute atomic E-state index is 0.0173. The molecule has 0 aromatic heterocycles. The average molecular weight is 389 g/mol. The highest BCUT2D eigenvalue weighted by Gasteiger charge is 2.44. The quantitative estimate of drug-likeness (QED) is 0.665. The number of alkyl halides is 3. The zero-order valence-corrected chi connectivity index (χ0v) is 15.7. The first-order chi connectivity index (χ1) is 13.3. The van der Waals surface area contributed by atoms with Crippen LogP contribution in [0.3, 0.4) is 0 Å². The third kappa shape index (κ3) is 3.25. The van der Waals surface area contributed by atoms with E-state index in [2.05, 4.69) is 4.90 Å². The van der Waals surface area contributed by atoms with Crippen LogP contribution in [0.15, 0.2) is 42.5 Å². The van der Waals surface area contributed by atoms with Crippen molar-refractivity contribution >= 4 is 11.7 Å². The van der Waals surface area contributed by atoms with Crippen LogP contribution in [-0.2, 0) is 22.9 Å². The Morgan fingerprint density at radius 1 is 1.14 bits per heavy atom. The first-order valence-corrected chi connectivity index (χ1v) is 9.55. The number of anilines is 1. The van der Waals surface area contributed by atoms with Gasteiger partial charge in [-0.1, -0.05) is 12.5 Å². The van der Waals surface area contributed by atoms with Gasteiger partial charge < -0.3 is 9.64 Å². The summed E-state index contributed by atoms with van der Waals surface area (Å²) in [5.41, 5.74) is 2.97. The number of hydrogen-bond donors (Lipinski definition) is 0. The maximum absolute atomic E-state index is 12.9. The number of esters is 1. The number of nitrogens with zero attached hydrogens (tertiary/aromatic N) is 1. The number of carbonyl (C=O) groups excluding carboxylic acids is 1. The van der Waals surface area contributed by atoms with E-state index in [4.69, 9.17) is 4.74 Å². The van der Waals surface area contributed by atoms with E-state index >= 15 is 0 Å². The number of fused-ring (bicyclic) bond motifs is 2. The van der Waals surface area contributed by atoms with E-state index in [-0.39, 0.29) is 11.4 Å². The van der Waals surface area contributed by atoms with Gasteiger partial charge >= 0.3 is 12.1 Å². The molecule has 4 rings (SSSR count). The van der Waals surface area contributed by atoms with Crippen molar-refractivity contribution in [1.29, 1.82) is 0 Å². The first-order valence-electron chi connectivity index (χ1n) is 9.55. The Balaban J connectivity index is 1.66. The number of halogens is 3. The van der Waals surface area contributed by atoms with Crippen molar-refractivity contribution in [1.82, 2.24) is 0 Å². The van der Waals surface area contributed by atoms with Crippen molar-refractivity contribution < 1.29 is 22.7 Å². The van der Waals surface area contributed by atoms with Crippen molar-refractivity contribution in [3.8, 4) is 0 Å². The largest absolute Gasteiger partial charge is 0.462 e. The fourth-order valence-electron chi connectivity index (χ4n) is 4.37. The van der Waals surface area contributed by atoms with Crippen LogP contribution in [0.1, 0.15) is 53.2 Å². The molecule has 0 saturated heterocycles. The topological polar surface area (TPSA) is 29.5 Å². The molecule has 0 atom stereocenters. The maximum Gasteiger partial charge on any atom is 0.416 e. The Kier molecular flexibility index (Phi) is 4.60. The molecule has 1 aliphatic carbocycles. The molecule has 1 fully saturated rings. The van der Waals surface area contributed by atoms with Gasteiger partial charge in [-0.05, 0) is 67.3 Å². The van der Waals surface area contributed by atoms with Gasteiger partial charge in [-0.2, -0.15) is 13.2 Å². The molecule has 2 aliphatic rings. The lowest BCUT2D eigenvalue weighted by atomic mass is 9.61. The summed E-state index contributed by atoms with van der Waals surface area (Å²) in [5.74, 6) is -0.348. The molecule has 1 heterocycles. The molecule has 2 aromatic rings. The van der Waals surface area contributed by atoms with Crippen LogP contribution >= 0.6 is 0 Å². The monoisotopic (exact) mass is 389 g/mol. The van der Waals surface area contributed by atoms with Gasteiger partial charge in [0, 0.05) is 24.2 Å². The zero-order chi connectivity index (χ0) is 19.9. The molecule has 1 saturated carbocycles. The molecule has 0 unspecified atom stereocenters. The highest BCUT2D eigenvalue weighted by Crippen LogP contribution is 2.49. The van der Waals surface area contributed by atoms with Gasteiger partial charge in [-0.3, -0.25) is 0 Å². The van der Waals surface area contributed by atoms with Crippen LogP contribution in [0.4, 0.5) is 18.9 Å². The minimum atomic E-state index is -4.34. The molecule has 6 heteroatoms. The fourth-order valence-corrected chi connectivity index (χ4v) is 4.37. The highest BCUT2D eigenvalue weighted by atomic mass is 19.4. The lowest BCUT2D eigenvalue weighted by molar-refractivity contribution is -0.137. The Hall–Kier alpha value is -2.50. The zero-order valence-electron chi connectivity index (χ0n) is 15.7. The fraction of sp³-hybridized carbons (Fsp3) is 0.409. The van der Waals surface area contributed by atoms with Crippen molar-refractivity contribution in [3.63, 3.8) is 0 Å². The molecule has 1 spiro atoms. The van der Waals surface area contributed by atoms with Crippen LogP contribution in [0, 0.1) is 0 Å². The first kappa shape index (κ1) is 18.8. The lowest BCUT2D eigenvalue weighted by Gasteiger charge is -2.50. The van der Waals surface area contributed by atoms with Gasteiger partial charge in [-0.25, -0.2) is 4.79 Å². The van der Waals surface area contributed by atoms with Crippen molar-refractivity contribution in [3.05, 3.63) is 64.7 Å². The summed E-state index contributed by atoms with van der Waals surface area (Å²) >= 11 is 0. The second-order valence-electron chi connectivity index (χ2n) is 7.63. The van der Waals surface area contributed by atoms with Gasteiger partial charge in [0.25, 0.3) is 0 Å². The van der Waals surface area contributed by atoms with Crippen LogP contribution in [0.5, 0.6) is 0 Å². The molecule has 0 amide bonds. The molecule has 28 heavy (non-hydrogen) atoms. The molecule has 0 radical (unpaired) electrons. The van der Waals surface area contributed by atoms with E-state index in [1.54, 1.807) is 6.92 Å². The molecule has 1 aliphatic heterocycles. The van der Waals surface area contributed by atoms with E-state index in [1.807, 2.05) is 18.2 Å². The highest BCUT2D eigenvalue weighted by molar-refractivity contribution is 5.89. The Bertz CT molecular complexity index is 886. The SMILES string of the molecule is CCOC(=O)c1ccc2c(c1)CN(c1ccc(C(F)(F)F)cc1)CC21CCC1. The van der Waals surface area contributed by atoms with Crippen molar-refractivity contribution in [2.24, 2.45) is 0 Å². The van der Waals surface area contributed by atoms with Gasteiger partial charge in [-0.15, -0.1) is 0 Å². The average Bonchev–Trinajstić information content (AvgIpc) is 2.65. The summed E-state index contributed by atoms with van der Waals surface area (Å²) < 4.78 is 43.7. The van der Waals surface area contributed by atoms with E-state index in [0.717, 1.165) is 49.2 Å². The van der Waals surface area contributed by atoms with Crippen LogP contribution in [0.2, 0.25) is 0 Å². The number of benzene rings is 2. The molecule has 2 aromatic carbocycles. The molecule has 148 valence electrons. The summed E-state index contributed by atoms with van der Waals surface area (Å²) in [4.78, 5) is 14.2. The standard InChI is InChI=1S/C22H22F3NO2/c1-2-28-20(27)15-4-9-19-16(12-15)13-26(14-21(19)10-3-11-21)18-7-5-17(6-8-18)22(23,24)25/h4-9,12H,2-3,10-11,13-14H2,1H3. The van der Waals surface area contributed by atoms with E-state index in [9.17, 15) is 18.0 Å². The lowest BCUT2D eigenvalue weighted by Crippen LogP contribution is -2.50. The summed E-state index contributed by atoms with van der Waals surface area (Å²) in [6, 6.07) is 11.1. The number of ether oxygens (including phenoxy) is 1. The summed E-state index contributed by atoms with van der Waals surface area (Å²) in [6.07, 6.45) is -1.09. The Morgan fingerprint density at radius 3 is 2.43 bits per heavy atom.